The van der Waals surface area contributed by atoms with Gasteiger partial charge in [-0.1, -0.05) is 6.07 Å². The van der Waals surface area contributed by atoms with Crippen molar-refractivity contribution in [3.63, 3.8) is 0 Å². The molecule has 27 heavy (non-hydrogen) atoms. The van der Waals surface area contributed by atoms with Crippen LogP contribution in [0.25, 0.3) is 0 Å². The number of hydrazone groups is 1. The molecule has 1 fully saturated rings. The number of ether oxygens (including phenoxy) is 1. The molecule has 0 amide bonds. The van der Waals surface area contributed by atoms with E-state index in [0.29, 0.717) is 43.2 Å². The number of rotatable bonds is 6. The number of morpholine rings is 1. The summed E-state index contributed by atoms with van der Waals surface area (Å²) >= 11 is 0. The van der Waals surface area contributed by atoms with E-state index >= 15 is 0 Å². The van der Waals surface area contributed by atoms with Gasteiger partial charge in [-0.25, -0.2) is 0 Å². The zero-order chi connectivity index (χ0) is 19.2. The summed E-state index contributed by atoms with van der Waals surface area (Å²) < 4.78 is 5.28. The van der Waals surface area contributed by atoms with Gasteiger partial charge in [0.1, 0.15) is 5.69 Å². The molecule has 10 nitrogen and oxygen atoms in total. The Bertz CT molecular complexity index is 863. The molecule has 1 saturated heterocycles. The molecule has 0 radical (unpaired) electrons. The first-order valence-electron chi connectivity index (χ1n) is 8.19. The van der Waals surface area contributed by atoms with Crippen LogP contribution in [-0.2, 0) is 4.74 Å². The third-order valence-electron chi connectivity index (χ3n) is 4.03. The topological polar surface area (TPSA) is 123 Å². The van der Waals surface area contributed by atoms with E-state index in [1.165, 1.54) is 36.5 Å². The number of nitrogens with zero attached hydrogens (tertiary/aromatic N) is 4. The number of nitrogens with one attached hydrogen (secondary N) is 1. The maximum atomic E-state index is 11.4. The summed E-state index contributed by atoms with van der Waals surface area (Å²) in [4.78, 5) is 23.1. The van der Waals surface area contributed by atoms with Crippen LogP contribution < -0.4 is 10.3 Å². The van der Waals surface area contributed by atoms with Gasteiger partial charge in [0, 0.05) is 36.9 Å². The van der Waals surface area contributed by atoms with Crippen molar-refractivity contribution in [1.29, 1.82) is 0 Å². The predicted octanol–water partition coefficient (Wildman–Crippen LogP) is 2.79. The van der Waals surface area contributed by atoms with Crippen molar-refractivity contribution in [2.45, 2.75) is 0 Å². The van der Waals surface area contributed by atoms with Crippen LogP contribution in [0.5, 0.6) is 0 Å². The van der Waals surface area contributed by atoms with Crippen molar-refractivity contribution < 1.29 is 14.6 Å². The Balaban J connectivity index is 1.72. The Hall–Kier alpha value is -3.53. The summed E-state index contributed by atoms with van der Waals surface area (Å²) in [6, 6.07) is 10.7. The maximum absolute atomic E-state index is 11.4. The number of nitro groups is 2. The van der Waals surface area contributed by atoms with Gasteiger partial charge in [0.2, 0.25) is 0 Å². The van der Waals surface area contributed by atoms with Crippen LogP contribution in [0, 0.1) is 20.2 Å². The molecular formula is C17H17N5O5. The molecule has 0 spiro atoms. The van der Waals surface area contributed by atoms with Crippen LogP contribution in [0.1, 0.15) is 5.56 Å². The lowest BCUT2D eigenvalue weighted by atomic mass is 10.1. The smallest absolute Gasteiger partial charge is 0.293 e. The average molecular weight is 371 g/mol. The first kappa shape index (κ1) is 18.3. The van der Waals surface area contributed by atoms with Gasteiger partial charge in [0.15, 0.2) is 0 Å². The van der Waals surface area contributed by atoms with E-state index in [-0.39, 0.29) is 11.4 Å². The standard InChI is InChI=1S/C17H17N5O5/c23-21(24)15-4-2-14(3-5-15)19-18-12-13-1-6-16(17(11-13)22(25)26)20-7-9-27-10-8-20/h1-6,11-12,19H,7-10H2. The normalized spacial score (nSPS) is 14.3. The van der Waals surface area contributed by atoms with Crippen LogP contribution in [-0.4, -0.2) is 42.4 Å². The van der Waals surface area contributed by atoms with Crippen molar-refractivity contribution in [1.82, 2.24) is 0 Å². The Kier molecular flexibility index (Phi) is 5.57. The molecule has 2 aromatic carbocycles. The van der Waals surface area contributed by atoms with E-state index in [4.69, 9.17) is 4.74 Å². The molecule has 3 rings (SSSR count). The predicted molar refractivity (Wildman–Crippen MR) is 100 cm³/mol. The Morgan fingerprint density at radius 3 is 2.37 bits per heavy atom. The molecular weight excluding hydrogens is 354 g/mol. The molecule has 0 unspecified atom stereocenters. The van der Waals surface area contributed by atoms with Gasteiger partial charge in [-0.2, -0.15) is 5.10 Å². The third kappa shape index (κ3) is 4.55. The largest absolute Gasteiger partial charge is 0.378 e. The quantitative estimate of drug-likeness (QED) is 0.470. The molecule has 1 N–H and O–H groups in total. The lowest BCUT2D eigenvalue weighted by Crippen LogP contribution is -2.36. The van der Waals surface area contributed by atoms with Crippen LogP contribution in [0.3, 0.4) is 0 Å². The molecule has 0 atom stereocenters. The minimum absolute atomic E-state index is 0.0104. The Morgan fingerprint density at radius 1 is 1.04 bits per heavy atom. The third-order valence-corrected chi connectivity index (χ3v) is 4.03. The van der Waals surface area contributed by atoms with Gasteiger partial charge in [0.05, 0.1) is 35.0 Å². The number of hydrogen-bond acceptors (Lipinski definition) is 8. The van der Waals surface area contributed by atoms with E-state index in [1.54, 1.807) is 12.1 Å². The molecule has 1 heterocycles. The molecule has 0 bridgehead atoms. The highest BCUT2D eigenvalue weighted by molar-refractivity contribution is 5.83. The van der Waals surface area contributed by atoms with Crippen LogP contribution in [0.4, 0.5) is 22.7 Å². The second-order valence-electron chi connectivity index (χ2n) is 5.78. The average Bonchev–Trinajstić information content (AvgIpc) is 2.69. The summed E-state index contributed by atoms with van der Waals surface area (Å²) in [5.74, 6) is 0. The molecule has 0 saturated carbocycles. The van der Waals surface area contributed by atoms with E-state index in [9.17, 15) is 20.2 Å². The van der Waals surface area contributed by atoms with Crippen molar-refractivity contribution in [2.24, 2.45) is 5.10 Å². The summed E-state index contributed by atoms with van der Waals surface area (Å²) in [7, 11) is 0. The minimum atomic E-state index is -0.484. The fourth-order valence-corrected chi connectivity index (χ4v) is 2.68. The van der Waals surface area contributed by atoms with Crippen LogP contribution in [0.15, 0.2) is 47.6 Å². The molecule has 2 aromatic rings. The highest BCUT2D eigenvalue weighted by Crippen LogP contribution is 2.29. The lowest BCUT2D eigenvalue weighted by Gasteiger charge is -2.28. The zero-order valence-corrected chi connectivity index (χ0v) is 14.3. The van der Waals surface area contributed by atoms with Gasteiger partial charge in [-0.05, 0) is 18.2 Å². The van der Waals surface area contributed by atoms with Gasteiger partial charge >= 0.3 is 0 Å². The summed E-state index contributed by atoms with van der Waals surface area (Å²) in [5, 5.41) is 26.1. The molecule has 0 aromatic heterocycles. The first-order valence-corrected chi connectivity index (χ1v) is 8.19. The van der Waals surface area contributed by atoms with Gasteiger partial charge in [-0.15, -0.1) is 0 Å². The van der Waals surface area contributed by atoms with E-state index < -0.39 is 9.85 Å². The monoisotopic (exact) mass is 371 g/mol. The number of benzene rings is 2. The fourth-order valence-electron chi connectivity index (χ4n) is 2.68. The highest BCUT2D eigenvalue weighted by atomic mass is 16.6. The Labute approximate surface area is 154 Å². The molecule has 140 valence electrons. The molecule has 0 aliphatic carbocycles. The highest BCUT2D eigenvalue weighted by Gasteiger charge is 2.21. The zero-order valence-electron chi connectivity index (χ0n) is 14.3. The van der Waals surface area contributed by atoms with Crippen LogP contribution in [0.2, 0.25) is 0 Å². The fraction of sp³-hybridized carbons (Fsp3) is 0.235. The number of hydrogen-bond donors (Lipinski definition) is 1. The van der Waals surface area contributed by atoms with E-state index in [0.717, 1.165) is 0 Å². The van der Waals surface area contributed by atoms with Crippen molar-refractivity contribution in [2.75, 3.05) is 36.6 Å². The second kappa shape index (κ2) is 8.23. The maximum Gasteiger partial charge on any atom is 0.293 e. The molecule has 1 aliphatic heterocycles. The van der Waals surface area contributed by atoms with Crippen molar-refractivity contribution >= 4 is 29.0 Å². The first-order chi connectivity index (χ1) is 13.0. The number of anilines is 2. The van der Waals surface area contributed by atoms with E-state index in [1.807, 2.05) is 4.90 Å². The van der Waals surface area contributed by atoms with E-state index in [2.05, 4.69) is 10.5 Å². The summed E-state index contributed by atoms with van der Waals surface area (Å²) in [6.07, 6.45) is 1.46. The van der Waals surface area contributed by atoms with Crippen molar-refractivity contribution in [3.8, 4) is 0 Å². The van der Waals surface area contributed by atoms with Gasteiger partial charge in [0.25, 0.3) is 11.4 Å². The minimum Gasteiger partial charge on any atom is -0.378 e. The van der Waals surface area contributed by atoms with Gasteiger partial charge in [-0.3, -0.25) is 25.7 Å². The number of nitro benzene ring substituents is 2. The Morgan fingerprint density at radius 2 is 1.74 bits per heavy atom. The lowest BCUT2D eigenvalue weighted by molar-refractivity contribution is -0.384. The van der Waals surface area contributed by atoms with Crippen molar-refractivity contribution in [3.05, 3.63) is 68.3 Å². The second-order valence-corrected chi connectivity index (χ2v) is 5.78. The van der Waals surface area contributed by atoms with Gasteiger partial charge < -0.3 is 9.64 Å². The molecule has 1 aliphatic rings. The summed E-state index contributed by atoms with van der Waals surface area (Å²) in [5.41, 5.74) is 4.42. The van der Waals surface area contributed by atoms with Crippen LogP contribution >= 0.6 is 0 Å². The SMILES string of the molecule is O=[N+]([O-])c1ccc(NN=Cc2ccc(N3CCOCC3)c([N+](=O)[O-])c2)cc1. The summed E-state index contributed by atoms with van der Waals surface area (Å²) in [6.45, 7) is 2.30. The number of non-ortho nitro benzene ring substituents is 1. The molecule has 10 heteroatoms.